The van der Waals surface area contributed by atoms with Gasteiger partial charge in [-0.3, -0.25) is 4.42 Å². The predicted molar refractivity (Wildman–Crippen MR) is 30.7 cm³/mol. The highest BCUT2D eigenvalue weighted by atomic mass is 16.6. The van der Waals surface area contributed by atoms with Gasteiger partial charge in [-0.05, 0) is 6.08 Å². The number of carboxylic acid groups (broad SMARTS) is 1. The molecule has 1 amide bonds. The first-order valence-corrected chi connectivity index (χ1v) is 2.27. The Labute approximate surface area is 50.8 Å². The number of hydrogen-bond donors (Lipinski definition) is 1. The number of carbonyl (C=O) groups is 1. The van der Waals surface area contributed by atoms with Crippen LogP contribution in [0.4, 0.5) is 4.79 Å². The number of nitrogens with zero attached hydrogens (tertiary/aromatic N) is 1. The molecule has 0 atom stereocenters. The van der Waals surface area contributed by atoms with Crippen LogP contribution in [0.2, 0.25) is 0 Å². The molecule has 0 radical (unpaired) electrons. The van der Waals surface area contributed by atoms with Crippen LogP contribution in [0.1, 0.15) is 0 Å². The maximum absolute atomic E-state index is 9.80. The van der Waals surface area contributed by atoms with Crippen LogP contribution in [0.5, 0.6) is 0 Å². The number of rotatable bonds is 0. The molecule has 0 spiro atoms. The summed E-state index contributed by atoms with van der Waals surface area (Å²) in [6.45, 7) is 0. The van der Waals surface area contributed by atoms with Crippen molar-refractivity contribution in [1.82, 2.24) is 0 Å². The highest BCUT2D eigenvalue weighted by molar-refractivity contribution is 6.04. The molecule has 0 fully saturated rings. The summed E-state index contributed by atoms with van der Waals surface area (Å²) in [6, 6.07) is 0. The van der Waals surface area contributed by atoms with Crippen LogP contribution < -0.4 is 0 Å². The lowest BCUT2D eigenvalue weighted by molar-refractivity contribution is -0.363. The Morgan fingerprint density at radius 2 is 2.56 bits per heavy atom. The van der Waals surface area contributed by atoms with Gasteiger partial charge in [0.2, 0.25) is 0 Å². The third-order valence-corrected chi connectivity index (χ3v) is 0.719. The molecule has 0 aromatic carbocycles. The van der Waals surface area contributed by atoms with E-state index < -0.39 is 6.16 Å². The van der Waals surface area contributed by atoms with Crippen LogP contribution in [0.3, 0.4) is 0 Å². The smallest absolute Gasteiger partial charge is 0.332 e. The molecule has 9 heavy (non-hydrogen) atoms. The molecule has 0 unspecified atom stereocenters. The van der Waals surface area contributed by atoms with Crippen LogP contribution in [0, 0.1) is 0 Å². The molecule has 1 aliphatic heterocycles. The number of carbonyl (C=O) groups excluding carboxylic acids is 1. The molecule has 1 rings (SSSR count). The summed E-state index contributed by atoms with van der Waals surface area (Å²) in [5.74, 6) is 0.113. The first-order valence-electron chi connectivity index (χ1n) is 2.27. The van der Waals surface area contributed by atoms with E-state index in [1.54, 1.807) is 6.08 Å². The van der Waals surface area contributed by atoms with E-state index in [1.807, 2.05) is 0 Å². The monoisotopic (exact) mass is 126 g/mol. The highest BCUT2D eigenvalue weighted by Crippen LogP contribution is 1.87. The predicted octanol–water partition coefficient (Wildman–Crippen LogP) is 0.367. The lowest BCUT2D eigenvalue weighted by atomic mass is 10.6. The molecule has 1 N–H and O–H groups in total. The number of allylic oxidation sites excluding steroid dienone is 1. The van der Waals surface area contributed by atoms with Gasteiger partial charge in [-0.2, -0.15) is 0 Å². The lowest BCUT2D eigenvalue weighted by Gasteiger charge is -1.72. The first-order chi connectivity index (χ1) is 4.29. The van der Waals surface area contributed by atoms with Crippen molar-refractivity contribution in [2.75, 3.05) is 0 Å². The minimum atomic E-state index is -1.34. The van der Waals surface area contributed by atoms with Gasteiger partial charge in [-0.25, -0.2) is 4.99 Å². The number of aliphatic imine (C=N–C) groups is 1. The van der Waals surface area contributed by atoms with E-state index in [0.29, 0.717) is 0 Å². The average molecular weight is 126 g/mol. The molecule has 4 nitrogen and oxygen atoms in total. The van der Waals surface area contributed by atoms with Crippen LogP contribution in [0.15, 0.2) is 17.1 Å². The van der Waals surface area contributed by atoms with Crippen molar-refractivity contribution < 1.29 is 14.3 Å². The van der Waals surface area contributed by atoms with Crippen molar-refractivity contribution in [2.24, 2.45) is 4.99 Å². The largest absolute Gasteiger partial charge is 0.783 e. The number of amides is 1. The van der Waals surface area contributed by atoms with Crippen molar-refractivity contribution in [3.05, 3.63) is 12.2 Å². The standard InChI is InChI=1S/C5H3NO3/c7-5(8)9-4-2-1-3-6-4/h1-3H/p+1. The zero-order chi connectivity index (χ0) is 6.69. The molecule has 46 valence electrons. The molecule has 0 aromatic heterocycles. The van der Waals surface area contributed by atoms with Gasteiger partial charge in [0.1, 0.15) is 0 Å². The average Bonchev–Trinajstić information content (AvgIpc) is 2.15. The minimum absolute atomic E-state index is 0.113. The van der Waals surface area contributed by atoms with E-state index in [-0.39, 0.29) is 5.91 Å². The Morgan fingerprint density at radius 3 is 3.00 bits per heavy atom. The maximum atomic E-state index is 9.80. The van der Waals surface area contributed by atoms with Crippen LogP contribution in [-0.2, 0) is 4.42 Å². The van der Waals surface area contributed by atoms with E-state index >= 15 is 0 Å². The Kier molecular flexibility index (Phi) is 1.40. The normalized spacial score (nSPS) is 19.3. The van der Waals surface area contributed by atoms with Gasteiger partial charge in [0.05, 0.1) is 0 Å². The van der Waals surface area contributed by atoms with E-state index in [1.165, 1.54) is 12.3 Å². The molecule has 4 heteroatoms. The van der Waals surface area contributed by atoms with Crippen LogP contribution in [0.25, 0.3) is 0 Å². The zero-order valence-corrected chi connectivity index (χ0v) is 4.44. The summed E-state index contributed by atoms with van der Waals surface area (Å²) in [5, 5.41) is 8.02. The van der Waals surface area contributed by atoms with Crippen molar-refractivity contribution in [1.29, 1.82) is 0 Å². The van der Waals surface area contributed by atoms with Gasteiger partial charge in [-0.1, -0.05) is 0 Å². The molecule has 1 heterocycles. The minimum Gasteiger partial charge on any atom is -0.332 e. The molecule has 0 bridgehead atoms. The van der Waals surface area contributed by atoms with E-state index in [2.05, 4.69) is 9.42 Å². The second-order valence-corrected chi connectivity index (χ2v) is 1.34. The Balaban J connectivity index is 2.73. The fourth-order valence-electron chi connectivity index (χ4n) is 0.435. The summed E-state index contributed by atoms with van der Waals surface area (Å²) in [6.07, 6.45) is 3.18. The third kappa shape index (κ3) is 1.49. The zero-order valence-electron chi connectivity index (χ0n) is 4.44. The van der Waals surface area contributed by atoms with E-state index in [4.69, 9.17) is 5.11 Å². The summed E-state index contributed by atoms with van der Waals surface area (Å²) in [5.41, 5.74) is 0. The quantitative estimate of drug-likeness (QED) is 0.476. The lowest BCUT2D eigenvalue weighted by Crippen LogP contribution is -1.98. The van der Waals surface area contributed by atoms with Gasteiger partial charge >= 0.3 is 12.1 Å². The molecule has 0 aliphatic carbocycles. The van der Waals surface area contributed by atoms with Gasteiger partial charge < -0.3 is 5.11 Å². The summed E-state index contributed by atoms with van der Waals surface area (Å²) >= 11 is 0. The second kappa shape index (κ2) is 2.21. The molecule has 0 aromatic rings. The first kappa shape index (κ1) is 5.68. The fraction of sp³-hybridized carbons (Fsp3) is 0. The SMILES string of the molecule is O=C(O)[O+]=C1C=CC=N1. The molecule has 0 saturated carbocycles. The Morgan fingerprint density at radius 1 is 1.78 bits per heavy atom. The van der Waals surface area contributed by atoms with Crippen molar-refractivity contribution in [3.63, 3.8) is 0 Å². The van der Waals surface area contributed by atoms with Crippen LogP contribution >= 0.6 is 0 Å². The maximum Gasteiger partial charge on any atom is 0.783 e. The molecular weight excluding hydrogens is 122 g/mol. The van der Waals surface area contributed by atoms with Gasteiger partial charge in [0.25, 0.3) is 0 Å². The number of hydrogen-bond acceptors (Lipinski definition) is 1. The fourth-order valence-corrected chi connectivity index (χ4v) is 0.435. The van der Waals surface area contributed by atoms with Gasteiger partial charge in [0.15, 0.2) is 0 Å². The van der Waals surface area contributed by atoms with E-state index in [0.717, 1.165) is 0 Å². The van der Waals surface area contributed by atoms with E-state index in [9.17, 15) is 4.79 Å². The highest BCUT2D eigenvalue weighted by Gasteiger charge is 2.09. The van der Waals surface area contributed by atoms with Crippen molar-refractivity contribution in [2.45, 2.75) is 0 Å². The summed E-state index contributed by atoms with van der Waals surface area (Å²) in [4.78, 5) is 13.4. The molecular formula is C5H4NO3+. The second-order valence-electron chi connectivity index (χ2n) is 1.34. The topological polar surface area (TPSA) is 61.0 Å². The van der Waals surface area contributed by atoms with Crippen molar-refractivity contribution in [3.8, 4) is 0 Å². The molecule has 0 saturated heterocycles. The van der Waals surface area contributed by atoms with Gasteiger partial charge in [-0.15, -0.1) is 0 Å². The van der Waals surface area contributed by atoms with Crippen LogP contribution in [-0.4, -0.2) is 23.4 Å². The summed E-state index contributed by atoms with van der Waals surface area (Å²) < 4.78 is 4.16. The Bertz CT molecular complexity index is 200. The van der Waals surface area contributed by atoms with Gasteiger partial charge in [0, 0.05) is 17.1 Å². The van der Waals surface area contributed by atoms with Crippen molar-refractivity contribution >= 4 is 18.3 Å². The third-order valence-electron chi connectivity index (χ3n) is 0.719. The Hall–Kier alpha value is -1.45. The molecule has 1 aliphatic rings. The summed E-state index contributed by atoms with van der Waals surface area (Å²) in [7, 11) is 0.